The van der Waals surface area contributed by atoms with Gasteiger partial charge in [0.2, 0.25) is 0 Å². The molecule has 0 spiro atoms. The van der Waals surface area contributed by atoms with E-state index in [1.54, 1.807) is 23.5 Å². The molecule has 3 aromatic rings. The van der Waals surface area contributed by atoms with Gasteiger partial charge >= 0.3 is 0 Å². The number of hydrogen-bond acceptors (Lipinski definition) is 1. The quantitative estimate of drug-likeness (QED) is 0.588. The highest BCUT2D eigenvalue weighted by atomic mass is 32.1. The Kier molecular flexibility index (Phi) is 2.95. The largest absolute Gasteiger partial charge is 0.207 e. The summed E-state index contributed by atoms with van der Waals surface area (Å²) < 4.78 is 13.2. The highest BCUT2D eigenvalue weighted by Gasteiger charge is 2.02. The van der Waals surface area contributed by atoms with Crippen LogP contribution in [0.15, 0.2) is 66.0 Å². The van der Waals surface area contributed by atoms with Crippen molar-refractivity contribution in [1.29, 1.82) is 0 Å². The molecule has 88 valence electrons. The number of rotatable bonds is 2. The van der Waals surface area contributed by atoms with Gasteiger partial charge in [0.1, 0.15) is 5.82 Å². The molecule has 0 aliphatic rings. The summed E-state index contributed by atoms with van der Waals surface area (Å²) in [6.45, 7) is 0. The molecule has 3 rings (SSSR count). The second-order valence-corrected chi connectivity index (χ2v) is 5.02. The highest BCUT2D eigenvalue weighted by Crippen LogP contribution is 2.29. The van der Waals surface area contributed by atoms with Gasteiger partial charge in [-0.15, -0.1) is 11.3 Å². The van der Waals surface area contributed by atoms with Crippen molar-refractivity contribution in [2.45, 2.75) is 0 Å². The molecular weight excluding hydrogens is 243 g/mol. The minimum absolute atomic E-state index is 0.200. The third kappa shape index (κ3) is 2.20. The van der Waals surface area contributed by atoms with Crippen molar-refractivity contribution in [2.75, 3.05) is 0 Å². The molecular formula is C16H11FS. The Morgan fingerprint density at radius 1 is 0.722 bits per heavy atom. The zero-order valence-corrected chi connectivity index (χ0v) is 10.5. The summed E-state index contributed by atoms with van der Waals surface area (Å²) >= 11 is 1.71. The van der Waals surface area contributed by atoms with E-state index < -0.39 is 0 Å². The van der Waals surface area contributed by atoms with E-state index >= 15 is 0 Å². The Morgan fingerprint density at radius 2 is 1.44 bits per heavy atom. The van der Waals surface area contributed by atoms with Crippen molar-refractivity contribution in [3.8, 4) is 21.6 Å². The summed E-state index contributed by atoms with van der Waals surface area (Å²) in [6.07, 6.45) is 0. The molecule has 0 nitrogen and oxygen atoms in total. The molecule has 0 aliphatic heterocycles. The smallest absolute Gasteiger partial charge is 0.123 e. The third-order valence-corrected chi connectivity index (χ3v) is 3.75. The third-order valence-electron chi connectivity index (χ3n) is 2.83. The predicted octanol–water partition coefficient (Wildman–Crippen LogP) is 5.22. The lowest BCUT2D eigenvalue weighted by atomic mass is 10.0. The van der Waals surface area contributed by atoms with E-state index in [9.17, 15) is 4.39 Å². The summed E-state index contributed by atoms with van der Waals surface area (Å²) in [6, 6.07) is 19.0. The van der Waals surface area contributed by atoms with Gasteiger partial charge in [-0.05, 0) is 46.3 Å². The molecule has 1 aromatic heterocycles. The van der Waals surface area contributed by atoms with Gasteiger partial charge < -0.3 is 0 Å². The first kappa shape index (κ1) is 11.2. The Bertz CT molecular complexity index is 656. The lowest BCUT2D eigenvalue weighted by molar-refractivity contribution is 0.628. The maximum atomic E-state index is 13.2. The van der Waals surface area contributed by atoms with Gasteiger partial charge in [0, 0.05) is 4.88 Å². The number of hydrogen-bond donors (Lipinski definition) is 0. The molecule has 0 atom stereocenters. The standard InChI is InChI=1S/C16H11FS/c17-15-7-2-5-13(11-15)12-4-1-6-14(10-12)16-8-3-9-18-16/h1-11H. The number of halogens is 1. The summed E-state index contributed by atoms with van der Waals surface area (Å²) in [5.74, 6) is -0.200. The van der Waals surface area contributed by atoms with Crippen molar-refractivity contribution < 1.29 is 4.39 Å². The average Bonchev–Trinajstić information content (AvgIpc) is 2.93. The zero-order valence-electron chi connectivity index (χ0n) is 9.64. The van der Waals surface area contributed by atoms with Crippen LogP contribution >= 0.6 is 11.3 Å². The lowest BCUT2D eigenvalue weighted by Crippen LogP contribution is -1.81. The normalized spacial score (nSPS) is 10.5. The molecule has 0 N–H and O–H groups in total. The fraction of sp³-hybridized carbons (Fsp3) is 0. The van der Waals surface area contributed by atoms with Gasteiger partial charge in [0.25, 0.3) is 0 Å². The van der Waals surface area contributed by atoms with Gasteiger partial charge in [0.15, 0.2) is 0 Å². The van der Waals surface area contributed by atoms with Gasteiger partial charge in [-0.1, -0.05) is 36.4 Å². The topological polar surface area (TPSA) is 0 Å². The Labute approximate surface area is 109 Å². The molecule has 0 radical (unpaired) electrons. The first-order valence-corrected chi connectivity index (χ1v) is 6.61. The molecule has 18 heavy (non-hydrogen) atoms. The van der Waals surface area contributed by atoms with E-state index in [-0.39, 0.29) is 5.82 Å². The molecule has 0 saturated carbocycles. The Balaban J connectivity index is 2.06. The summed E-state index contributed by atoms with van der Waals surface area (Å²) in [5, 5.41) is 2.06. The second kappa shape index (κ2) is 4.75. The van der Waals surface area contributed by atoms with Gasteiger partial charge in [0.05, 0.1) is 0 Å². The van der Waals surface area contributed by atoms with Crippen molar-refractivity contribution >= 4 is 11.3 Å². The van der Waals surface area contributed by atoms with Gasteiger partial charge in [-0.2, -0.15) is 0 Å². The van der Waals surface area contributed by atoms with E-state index in [2.05, 4.69) is 23.6 Å². The van der Waals surface area contributed by atoms with Crippen molar-refractivity contribution in [1.82, 2.24) is 0 Å². The summed E-state index contributed by atoms with van der Waals surface area (Å²) in [4.78, 5) is 1.23. The fourth-order valence-electron chi connectivity index (χ4n) is 1.96. The Hall–Kier alpha value is -1.93. The lowest BCUT2D eigenvalue weighted by Gasteiger charge is -2.04. The maximum Gasteiger partial charge on any atom is 0.123 e. The minimum atomic E-state index is -0.200. The first-order valence-electron chi connectivity index (χ1n) is 5.73. The number of benzene rings is 2. The monoisotopic (exact) mass is 254 g/mol. The van der Waals surface area contributed by atoms with Crippen LogP contribution in [-0.4, -0.2) is 0 Å². The molecule has 0 amide bonds. The van der Waals surface area contributed by atoms with Crippen LogP contribution in [0.4, 0.5) is 4.39 Å². The first-order chi connectivity index (χ1) is 8.83. The summed E-state index contributed by atoms with van der Waals surface area (Å²) in [7, 11) is 0. The van der Waals surface area contributed by atoms with Crippen LogP contribution in [0.25, 0.3) is 21.6 Å². The molecule has 0 aliphatic carbocycles. The molecule has 0 bridgehead atoms. The fourth-order valence-corrected chi connectivity index (χ4v) is 2.69. The van der Waals surface area contributed by atoms with E-state index in [4.69, 9.17) is 0 Å². The van der Waals surface area contributed by atoms with Crippen molar-refractivity contribution in [3.05, 3.63) is 71.9 Å². The van der Waals surface area contributed by atoms with E-state index in [0.717, 1.165) is 11.1 Å². The van der Waals surface area contributed by atoms with E-state index in [1.807, 2.05) is 24.3 Å². The van der Waals surface area contributed by atoms with Gasteiger partial charge in [-0.25, -0.2) is 4.39 Å². The van der Waals surface area contributed by atoms with Crippen molar-refractivity contribution in [2.24, 2.45) is 0 Å². The average molecular weight is 254 g/mol. The molecule has 1 heterocycles. The highest BCUT2D eigenvalue weighted by molar-refractivity contribution is 7.13. The van der Waals surface area contributed by atoms with Crippen LogP contribution in [0.5, 0.6) is 0 Å². The second-order valence-electron chi connectivity index (χ2n) is 4.07. The molecule has 0 saturated heterocycles. The van der Waals surface area contributed by atoms with Crippen LogP contribution in [0.2, 0.25) is 0 Å². The SMILES string of the molecule is Fc1cccc(-c2cccc(-c3cccs3)c2)c1. The maximum absolute atomic E-state index is 13.2. The zero-order chi connectivity index (χ0) is 12.4. The van der Waals surface area contributed by atoms with E-state index in [1.165, 1.54) is 16.5 Å². The molecule has 0 unspecified atom stereocenters. The van der Waals surface area contributed by atoms with Crippen LogP contribution in [-0.2, 0) is 0 Å². The van der Waals surface area contributed by atoms with Crippen LogP contribution in [0.3, 0.4) is 0 Å². The summed E-state index contributed by atoms with van der Waals surface area (Å²) in [5.41, 5.74) is 3.13. The van der Waals surface area contributed by atoms with E-state index in [0.29, 0.717) is 0 Å². The number of thiophene rings is 1. The molecule has 0 fully saturated rings. The van der Waals surface area contributed by atoms with Crippen LogP contribution in [0, 0.1) is 5.82 Å². The van der Waals surface area contributed by atoms with Crippen molar-refractivity contribution in [3.63, 3.8) is 0 Å². The minimum Gasteiger partial charge on any atom is -0.207 e. The molecule has 2 heteroatoms. The van der Waals surface area contributed by atoms with Crippen LogP contribution in [0.1, 0.15) is 0 Å². The Morgan fingerprint density at radius 3 is 2.17 bits per heavy atom. The predicted molar refractivity (Wildman–Crippen MR) is 75.1 cm³/mol. The van der Waals surface area contributed by atoms with Crippen LogP contribution < -0.4 is 0 Å². The molecule has 2 aromatic carbocycles. The van der Waals surface area contributed by atoms with Gasteiger partial charge in [-0.3, -0.25) is 0 Å².